The summed E-state index contributed by atoms with van der Waals surface area (Å²) in [5.41, 5.74) is 15.1. The molecule has 4 aromatic rings. The summed E-state index contributed by atoms with van der Waals surface area (Å²) in [5.74, 6) is 0.684. The number of hydrogen-bond acceptors (Lipinski definition) is 9. The van der Waals surface area contributed by atoms with Gasteiger partial charge in [0.05, 0.1) is 5.56 Å². The molecule has 0 spiro atoms. The lowest BCUT2D eigenvalue weighted by atomic mass is 10.1. The van der Waals surface area contributed by atoms with Crippen molar-refractivity contribution in [1.29, 1.82) is 5.41 Å². The molecule has 184 valence electrons. The van der Waals surface area contributed by atoms with Crippen LogP contribution in [0.25, 0.3) is 11.4 Å². The monoisotopic (exact) mass is 486 g/mol. The van der Waals surface area contributed by atoms with Crippen molar-refractivity contribution in [3.05, 3.63) is 77.6 Å². The van der Waals surface area contributed by atoms with Crippen LogP contribution in [0.5, 0.6) is 5.88 Å². The Morgan fingerprint density at radius 3 is 2.25 bits per heavy atom. The molecule has 0 saturated carbocycles. The molecule has 4 rings (SSSR count). The molecule has 0 aliphatic carbocycles. The summed E-state index contributed by atoms with van der Waals surface area (Å²) < 4.78 is 20.3. The molecule has 2 heterocycles. The van der Waals surface area contributed by atoms with Gasteiger partial charge in [-0.2, -0.15) is 4.98 Å². The van der Waals surface area contributed by atoms with Crippen molar-refractivity contribution in [2.45, 2.75) is 13.5 Å². The van der Waals surface area contributed by atoms with E-state index in [1.54, 1.807) is 50.2 Å². The highest BCUT2D eigenvalue weighted by molar-refractivity contribution is 6.02. The molecule has 9 nitrogen and oxygen atoms in total. The second kappa shape index (κ2) is 10.3. The van der Waals surface area contributed by atoms with E-state index in [1.165, 1.54) is 6.07 Å². The van der Waals surface area contributed by atoms with Gasteiger partial charge in [-0.05, 0) is 31.2 Å². The maximum absolute atomic E-state index is 14.3. The fourth-order valence-corrected chi connectivity index (χ4v) is 3.64. The van der Waals surface area contributed by atoms with Gasteiger partial charge in [0.1, 0.15) is 23.9 Å². The molecule has 0 fully saturated rings. The minimum absolute atomic E-state index is 0.0822. The molecular weight excluding hydrogens is 459 g/mol. The van der Waals surface area contributed by atoms with Gasteiger partial charge >= 0.3 is 0 Å². The van der Waals surface area contributed by atoms with Crippen LogP contribution in [0, 0.1) is 11.2 Å². The highest BCUT2D eigenvalue weighted by Gasteiger charge is 2.21. The summed E-state index contributed by atoms with van der Waals surface area (Å²) in [4.78, 5) is 15.2. The number of pyridine rings is 1. The van der Waals surface area contributed by atoms with Crippen LogP contribution in [0.15, 0.2) is 60.7 Å². The average molecular weight is 487 g/mol. The van der Waals surface area contributed by atoms with Crippen LogP contribution in [0.3, 0.4) is 0 Å². The zero-order valence-electron chi connectivity index (χ0n) is 20.2. The van der Waals surface area contributed by atoms with Crippen molar-refractivity contribution in [2.24, 2.45) is 0 Å². The van der Waals surface area contributed by atoms with Crippen LogP contribution in [-0.2, 0) is 6.61 Å². The third-order valence-electron chi connectivity index (χ3n) is 5.38. The molecule has 36 heavy (non-hydrogen) atoms. The summed E-state index contributed by atoms with van der Waals surface area (Å²) >= 11 is 0. The Labute approximate surface area is 208 Å². The van der Waals surface area contributed by atoms with Crippen LogP contribution < -0.4 is 26.4 Å². The largest absolute Gasteiger partial charge is 0.472 e. The number of benzene rings is 2. The van der Waals surface area contributed by atoms with Gasteiger partial charge < -0.3 is 31.8 Å². The smallest absolute Gasteiger partial charge is 0.226 e. The van der Waals surface area contributed by atoms with Crippen molar-refractivity contribution >= 4 is 34.5 Å². The first kappa shape index (κ1) is 24.4. The number of ether oxygens (including phenoxy) is 1. The number of rotatable bonds is 8. The third kappa shape index (κ3) is 5.17. The van der Waals surface area contributed by atoms with Crippen LogP contribution in [-0.4, -0.2) is 34.8 Å². The third-order valence-corrected chi connectivity index (χ3v) is 5.38. The van der Waals surface area contributed by atoms with E-state index in [0.717, 1.165) is 5.69 Å². The number of para-hydroxylation sites is 1. The number of nitrogens with zero attached hydrogens (tertiary/aromatic N) is 4. The Balaban J connectivity index is 1.85. The zero-order valence-corrected chi connectivity index (χ0v) is 20.2. The summed E-state index contributed by atoms with van der Waals surface area (Å²) in [7, 11) is 3.58. The number of nitrogen functional groups attached to an aromatic ring is 2. The van der Waals surface area contributed by atoms with Crippen molar-refractivity contribution in [2.75, 3.05) is 35.8 Å². The van der Waals surface area contributed by atoms with Crippen molar-refractivity contribution in [1.82, 2.24) is 15.0 Å². The van der Waals surface area contributed by atoms with E-state index < -0.39 is 5.82 Å². The van der Waals surface area contributed by atoms with Gasteiger partial charge in [0, 0.05) is 36.6 Å². The Bertz CT molecular complexity index is 1390. The predicted molar refractivity (Wildman–Crippen MR) is 141 cm³/mol. The van der Waals surface area contributed by atoms with Gasteiger partial charge in [-0.25, -0.2) is 14.4 Å². The van der Waals surface area contributed by atoms with E-state index in [9.17, 15) is 4.39 Å². The molecule has 6 N–H and O–H groups in total. The van der Waals surface area contributed by atoms with Gasteiger partial charge in [-0.1, -0.05) is 36.4 Å². The standard InChI is InChI=1S/C26H27FN8O/c1-15(28)18-13-19(25-32-22(29)21(35(2)3)23(30)33-25)26(36-14-16-9-7-8-12-20(16)27)34-24(18)31-17-10-5-4-6-11-17/h4-13,28H,14H2,1-3H3,(H,31,34)(H4,29,30,32,33). The summed E-state index contributed by atoms with van der Waals surface area (Å²) in [6, 6.07) is 17.4. The minimum Gasteiger partial charge on any atom is -0.472 e. The quantitative estimate of drug-likeness (QED) is 0.265. The van der Waals surface area contributed by atoms with Crippen molar-refractivity contribution in [3.63, 3.8) is 0 Å². The lowest BCUT2D eigenvalue weighted by Gasteiger charge is -2.19. The average Bonchev–Trinajstić information content (AvgIpc) is 2.83. The minimum atomic E-state index is -0.395. The molecule has 2 aromatic carbocycles. The number of halogens is 1. The Hall–Kier alpha value is -4.73. The first-order valence-corrected chi connectivity index (χ1v) is 11.1. The normalized spacial score (nSPS) is 10.7. The number of nitrogens with two attached hydrogens (primary N) is 2. The fraction of sp³-hybridized carbons (Fsp3) is 0.154. The molecule has 0 saturated heterocycles. The summed E-state index contributed by atoms with van der Waals surface area (Å²) in [6.07, 6.45) is 0. The highest BCUT2D eigenvalue weighted by atomic mass is 19.1. The van der Waals surface area contributed by atoms with E-state index in [1.807, 2.05) is 30.3 Å². The first-order chi connectivity index (χ1) is 17.2. The molecule has 0 bridgehead atoms. The molecular formula is C26H27FN8O. The van der Waals surface area contributed by atoms with Gasteiger partial charge in [-0.3, -0.25) is 0 Å². The van der Waals surface area contributed by atoms with Crippen molar-refractivity contribution in [3.8, 4) is 17.3 Å². The van der Waals surface area contributed by atoms with E-state index in [-0.39, 0.29) is 35.7 Å². The zero-order chi connectivity index (χ0) is 25.8. The van der Waals surface area contributed by atoms with E-state index in [0.29, 0.717) is 28.2 Å². The fourth-order valence-electron chi connectivity index (χ4n) is 3.64. The predicted octanol–water partition coefficient (Wildman–Crippen LogP) is 4.62. The van der Waals surface area contributed by atoms with Crippen molar-refractivity contribution < 1.29 is 9.13 Å². The molecule has 0 radical (unpaired) electrons. The van der Waals surface area contributed by atoms with E-state index in [2.05, 4.69) is 20.3 Å². The number of anilines is 5. The second-order valence-electron chi connectivity index (χ2n) is 8.29. The topological polar surface area (TPSA) is 139 Å². The molecule has 0 aliphatic heterocycles. The van der Waals surface area contributed by atoms with Crippen LogP contribution in [0.1, 0.15) is 18.1 Å². The lowest BCUT2D eigenvalue weighted by molar-refractivity contribution is 0.289. The lowest BCUT2D eigenvalue weighted by Crippen LogP contribution is -2.16. The Kier molecular flexibility index (Phi) is 6.95. The summed E-state index contributed by atoms with van der Waals surface area (Å²) in [5, 5.41) is 11.6. The maximum atomic E-state index is 14.3. The van der Waals surface area contributed by atoms with Crippen LogP contribution >= 0.6 is 0 Å². The van der Waals surface area contributed by atoms with Gasteiger partial charge in [0.25, 0.3) is 0 Å². The van der Waals surface area contributed by atoms with E-state index in [4.69, 9.17) is 21.6 Å². The maximum Gasteiger partial charge on any atom is 0.226 e. The SMILES string of the molecule is CC(=N)c1cc(-c2nc(N)c(N(C)C)c(N)n2)c(OCc2ccccc2F)nc1Nc1ccccc1. The summed E-state index contributed by atoms with van der Waals surface area (Å²) in [6.45, 7) is 1.57. The van der Waals surface area contributed by atoms with Gasteiger partial charge in [0.15, 0.2) is 17.5 Å². The molecule has 2 aromatic heterocycles. The van der Waals surface area contributed by atoms with Crippen LogP contribution in [0.2, 0.25) is 0 Å². The van der Waals surface area contributed by atoms with Gasteiger partial charge in [0.2, 0.25) is 5.88 Å². The molecule has 0 aliphatic rings. The van der Waals surface area contributed by atoms with Crippen LogP contribution in [0.4, 0.5) is 33.2 Å². The Morgan fingerprint density at radius 1 is 1.00 bits per heavy atom. The number of hydrogen-bond donors (Lipinski definition) is 4. The number of aromatic nitrogens is 3. The molecule has 0 unspecified atom stereocenters. The highest BCUT2D eigenvalue weighted by Crippen LogP contribution is 2.35. The van der Waals surface area contributed by atoms with Gasteiger partial charge in [-0.15, -0.1) is 0 Å². The first-order valence-electron chi connectivity index (χ1n) is 11.1. The van der Waals surface area contributed by atoms with E-state index >= 15 is 0 Å². The second-order valence-corrected chi connectivity index (χ2v) is 8.29. The molecule has 0 amide bonds. The molecule has 10 heteroatoms. The molecule has 0 atom stereocenters. The Morgan fingerprint density at radius 2 is 1.64 bits per heavy atom. The number of nitrogens with one attached hydrogen (secondary N) is 2.